The van der Waals surface area contributed by atoms with Crippen LogP contribution in [0.5, 0.6) is 0 Å². The number of halogens is 2. The third-order valence-electron chi connectivity index (χ3n) is 2.78. The molecule has 2 rings (SSSR count). The number of aryl methyl sites for hydroxylation is 1. The summed E-state index contributed by atoms with van der Waals surface area (Å²) in [5.41, 5.74) is 2.04. The van der Waals surface area contributed by atoms with Crippen molar-refractivity contribution in [1.82, 2.24) is 5.32 Å². The summed E-state index contributed by atoms with van der Waals surface area (Å²) < 4.78 is 27.5. The predicted octanol–water partition coefficient (Wildman–Crippen LogP) is 3.64. The molecule has 1 unspecified atom stereocenters. The summed E-state index contributed by atoms with van der Waals surface area (Å²) in [6.07, 6.45) is 0. The zero-order valence-electron chi connectivity index (χ0n) is 9.63. The highest BCUT2D eigenvalue weighted by Crippen LogP contribution is 2.30. The largest absolute Gasteiger partial charge is 0.309 e. The average Bonchev–Trinajstić information content (AvgIpc) is 2.70. The molecule has 1 aromatic carbocycles. The lowest BCUT2D eigenvalue weighted by Gasteiger charge is -2.18. The predicted molar refractivity (Wildman–Crippen MR) is 66.3 cm³/mol. The zero-order valence-corrected chi connectivity index (χ0v) is 10.4. The van der Waals surface area contributed by atoms with Crippen molar-refractivity contribution in [2.75, 3.05) is 7.05 Å². The van der Waals surface area contributed by atoms with Crippen LogP contribution >= 0.6 is 11.3 Å². The van der Waals surface area contributed by atoms with Gasteiger partial charge in [-0.05, 0) is 48.0 Å². The van der Waals surface area contributed by atoms with Gasteiger partial charge < -0.3 is 5.32 Å². The Kier molecular flexibility index (Phi) is 3.54. The van der Waals surface area contributed by atoms with E-state index in [9.17, 15) is 8.78 Å². The summed E-state index contributed by atoms with van der Waals surface area (Å²) in [5.74, 6) is -1.04. The summed E-state index contributed by atoms with van der Waals surface area (Å²) in [6.45, 7) is 1.94. The second-order valence-electron chi connectivity index (χ2n) is 3.87. The molecule has 0 aliphatic carbocycles. The first kappa shape index (κ1) is 12.2. The van der Waals surface area contributed by atoms with Crippen molar-refractivity contribution in [3.05, 3.63) is 57.3 Å². The molecule has 0 fully saturated rings. The van der Waals surface area contributed by atoms with Crippen LogP contribution in [0.15, 0.2) is 29.0 Å². The summed E-state index contributed by atoms with van der Waals surface area (Å²) in [6, 6.07) is 3.50. The Bertz CT molecular complexity index is 502. The molecule has 0 saturated carbocycles. The van der Waals surface area contributed by atoms with Gasteiger partial charge in [0.1, 0.15) is 11.6 Å². The molecule has 1 atom stereocenters. The SMILES string of the molecule is CNC(c1cscc1C)c1c(F)cccc1F. The Morgan fingerprint density at radius 2 is 1.82 bits per heavy atom. The second kappa shape index (κ2) is 4.94. The molecule has 90 valence electrons. The van der Waals surface area contributed by atoms with Crippen LogP contribution in [-0.4, -0.2) is 7.05 Å². The molecule has 1 nitrogen and oxygen atoms in total. The second-order valence-corrected chi connectivity index (χ2v) is 4.61. The summed E-state index contributed by atoms with van der Waals surface area (Å²) >= 11 is 1.53. The lowest BCUT2D eigenvalue weighted by molar-refractivity contribution is 0.522. The minimum atomic E-state index is -0.519. The van der Waals surface area contributed by atoms with Gasteiger partial charge in [-0.15, -0.1) is 0 Å². The van der Waals surface area contributed by atoms with E-state index in [1.165, 1.54) is 29.5 Å². The van der Waals surface area contributed by atoms with Gasteiger partial charge in [-0.3, -0.25) is 0 Å². The Balaban J connectivity index is 2.53. The summed E-state index contributed by atoms with van der Waals surface area (Å²) in [7, 11) is 1.70. The van der Waals surface area contributed by atoms with Crippen molar-refractivity contribution in [1.29, 1.82) is 0 Å². The van der Waals surface area contributed by atoms with Crippen LogP contribution in [0.25, 0.3) is 0 Å². The van der Waals surface area contributed by atoms with E-state index in [0.717, 1.165) is 11.1 Å². The molecule has 1 heterocycles. The molecule has 0 spiro atoms. The first-order valence-electron chi connectivity index (χ1n) is 5.29. The maximum absolute atomic E-state index is 13.7. The molecule has 0 aliphatic rings. The van der Waals surface area contributed by atoms with Crippen LogP contribution in [0, 0.1) is 18.6 Å². The van der Waals surface area contributed by atoms with E-state index in [-0.39, 0.29) is 5.56 Å². The van der Waals surface area contributed by atoms with Gasteiger partial charge in [-0.1, -0.05) is 6.07 Å². The number of thiophene rings is 1. The molecule has 1 N–H and O–H groups in total. The fourth-order valence-electron chi connectivity index (χ4n) is 1.91. The van der Waals surface area contributed by atoms with E-state index in [2.05, 4.69) is 5.32 Å². The van der Waals surface area contributed by atoms with Crippen molar-refractivity contribution in [3.63, 3.8) is 0 Å². The topological polar surface area (TPSA) is 12.0 Å². The highest BCUT2D eigenvalue weighted by Gasteiger charge is 2.21. The molecule has 4 heteroatoms. The maximum Gasteiger partial charge on any atom is 0.131 e. The molecule has 0 bridgehead atoms. The lowest BCUT2D eigenvalue weighted by atomic mass is 9.97. The number of hydrogen-bond donors (Lipinski definition) is 1. The number of hydrogen-bond acceptors (Lipinski definition) is 2. The standard InChI is InChI=1S/C13H13F2NS/c1-8-6-17-7-9(8)13(16-2)12-10(14)4-3-5-11(12)15/h3-7,13,16H,1-2H3. The molecule has 0 saturated heterocycles. The summed E-state index contributed by atoms with van der Waals surface area (Å²) in [5, 5.41) is 6.86. The Hall–Kier alpha value is -1.26. The Labute approximate surface area is 103 Å². The van der Waals surface area contributed by atoms with Crippen molar-refractivity contribution in [2.45, 2.75) is 13.0 Å². The number of nitrogens with one attached hydrogen (secondary N) is 1. The maximum atomic E-state index is 13.7. The third-order valence-corrected chi connectivity index (χ3v) is 3.66. The van der Waals surface area contributed by atoms with E-state index >= 15 is 0 Å². The summed E-state index contributed by atoms with van der Waals surface area (Å²) in [4.78, 5) is 0. The van der Waals surface area contributed by atoms with E-state index < -0.39 is 17.7 Å². The van der Waals surface area contributed by atoms with Crippen molar-refractivity contribution < 1.29 is 8.78 Å². The molecule has 17 heavy (non-hydrogen) atoms. The zero-order chi connectivity index (χ0) is 12.4. The van der Waals surface area contributed by atoms with Gasteiger partial charge in [0.05, 0.1) is 6.04 Å². The number of rotatable bonds is 3. The molecule has 0 aliphatic heterocycles. The van der Waals surface area contributed by atoms with Gasteiger partial charge >= 0.3 is 0 Å². The molecule has 2 aromatic rings. The normalized spacial score (nSPS) is 12.7. The first-order chi connectivity index (χ1) is 8.15. The fourth-order valence-corrected chi connectivity index (χ4v) is 2.78. The van der Waals surface area contributed by atoms with Gasteiger partial charge in [0, 0.05) is 5.56 Å². The van der Waals surface area contributed by atoms with E-state index in [4.69, 9.17) is 0 Å². The van der Waals surface area contributed by atoms with Crippen molar-refractivity contribution in [3.8, 4) is 0 Å². The van der Waals surface area contributed by atoms with E-state index in [1.54, 1.807) is 7.05 Å². The minimum Gasteiger partial charge on any atom is -0.309 e. The molecule has 1 aromatic heterocycles. The average molecular weight is 253 g/mol. The first-order valence-corrected chi connectivity index (χ1v) is 6.23. The smallest absolute Gasteiger partial charge is 0.131 e. The quantitative estimate of drug-likeness (QED) is 0.880. The number of benzene rings is 1. The van der Waals surface area contributed by atoms with Crippen LogP contribution in [0.2, 0.25) is 0 Å². The minimum absolute atomic E-state index is 0.0801. The van der Waals surface area contributed by atoms with Crippen molar-refractivity contribution in [2.24, 2.45) is 0 Å². The van der Waals surface area contributed by atoms with E-state index in [1.807, 2.05) is 17.7 Å². The van der Waals surface area contributed by atoms with Gasteiger partial charge in [-0.2, -0.15) is 11.3 Å². The van der Waals surface area contributed by atoms with Crippen LogP contribution in [0.3, 0.4) is 0 Å². The van der Waals surface area contributed by atoms with E-state index in [0.29, 0.717) is 0 Å². The molecular formula is C13H13F2NS. The van der Waals surface area contributed by atoms with Gasteiger partial charge in [0.2, 0.25) is 0 Å². The molecular weight excluding hydrogens is 240 g/mol. The van der Waals surface area contributed by atoms with Gasteiger partial charge in [-0.25, -0.2) is 8.78 Å². The van der Waals surface area contributed by atoms with Crippen molar-refractivity contribution >= 4 is 11.3 Å². The fraction of sp³-hybridized carbons (Fsp3) is 0.231. The van der Waals surface area contributed by atoms with Crippen LogP contribution < -0.4 is 5.32 Å². The van der Waals surface area contributed by atoms with Crippen LogP contribution in [-0.2, 0) is 0 Å². The molecule has 0 radical (unpaired) electrons. The molecule has 0 amide bonds. The Morgan fingerprint density at radius 3 is 2.29 bits per heavy atom. The highest BCUT2D eigenvalue weighted by molar-refractivity contribution is 7.08. The Morgan fingerprint density at radius 1 is 1.18 bits per heavy atom. The van der Waals surface area contributed by atoms with Crippen LogP contribution in [0.4, 0.5) is 8.78 Å². The van der Waals surface area contributed by atoms with Crippen LogP contribution in [0.1, 0.15) is 22.7 Å². The van der Waals surface area contributed by atoms with Gasteiger partial charge in [0.25, 0.3) is 0 Å². The lowest BCUT2D eigenvalue weighted by Crippen LogP contribution is -2.20. The highest BCUT2D eigenvalue weighted by atomic mass is 32.1. The third kappa shape index (κ3) is 2.23. The monoisotopic (exact) mass is 253 g/mol. The van der Waals surface area contributed by atoms with Gasteiger partial charge in [0.15, 0.2) is 0 Å².